The van der Waals surface area contributed by atoms with E-state index < -0.39 is 11.4 Å². The molecule has 1 aromatic carbocycles. The fourth-order valence-electron chi connectivity index (χ4n) is 6.73. The van der Waals surface area contributed by atoms with Crippen molar-refractivity contribution >= 4 is 12.1 Å². The van der Waals surface area contributed by atoms with Gasteiger partial charge >= 0.3 is 0 Å². The van der Waals surface area contributed by atoms with Gasteiger partial charge in [0, 0.05) is 23.8 Å². The van der Waals surface area contributed by atoms with E-state index in [-0.39, 0.29) is 58.0 Å². The first-order chi connectivity index (χ1) is 14.0. The summed E-state index contributed by atoms with van der Waals surface area (Å²) in [5, 5.41) is 21.8. The first-order valence-corrected chi connectivity index (χ1v) is 11.2. The van der Waals surface area contributed by atoms with Gasteiger partial charge in [-0.3, -0.25) is 9.59 Å². The number of benzene rings is 1. The normalized spacial score (nSPS) is 30.9. The van der Waals surface area contributed by atoms with Crippen molar-refractivity contribution in [2.75, 3.05) is 0 Å². The third-order valence-electron chi connectivity index (χ3n) is 8.38. The molecule has 0 saturated heterocycles. The van der Waals surface area contributed by atoms with Crippen LogP contribution in [0.4, 0.5) is 0 Å². The molecular weight excluding hydrogens is 380 g/mol. The highest BCUT2D eigenvalue weighted by Crippen LogP contribution is 2.69. The van der Waals surface area contributed by atoms with Crippen LogP contribution < -0.4 is 4.74 Å². The Morgan fingerprint density at radius 1 is 1.13 bits per heavy atom. The van der Waals surface area contributed by atoms with E-state index in [1.807, 2.05) is 13.8 Å². The fourth-order valence-corrected chi connectivity index (χ4v) is 6.73. The lowest BCUT2D eigenvalue weighted by Gasteiger charge is -2.69. The molecule has 164 valence electrons. The molecule has 3 fully saturated rings. The van der Waals surface area contributed by atoms with Gasteiger partial charge in [0.2, 0.25) is 0 Å². The summed E-state index contributed by atoms with van der Waals surface area (Å²) in [6.07, 6.45) is 3.43. The van der Waals surface area contributed by atoms with Crippen LogP contribution in [0, 0.1) is 35.0 Å². The van der Waals surface area contributed by atoms with Gasteiger partial charge < -0.3 is 14.9 Å². The van der Waals surface area contributed by atoms with Crippen molar-refractivity contribution in [1.82, 2.24) is 0 Å². The Morgan fingerprint density at radius 2 is 1.80 bits per heavy atom. The molecule has 4 atom stereocenters. The lowest BCUT2D eigenvalue weighted by molar-refractivity contribution is -0.244. The molecule has 3 aliphatic carbocycles. The molecule has 5 rings (SSSR count). The van der Waals surface area contributed by atoms with Crippen molar-refractivity contribution in [2.24, 2.45) is 35.0 Å². The number of hydrogen-bond acceptors (Lipinski definition) is 5. The Balaban J connectivity index is 1.89. The molecule has 1 aromatic rings. The number of aldehydes is 1. The predicted molar refractivity (Wildman–Crippen MR) is 114 cm³/mol. The topological polar surface area (TPSA) is 83.8 Å². The second kappa shape index (κ2) is 6.73. The number of fused-ring (bicyclic) bond motifs is 1. The number of hydrogen-bond donors (Lipinski definition) is 2. The van der Waals surface area contributed by atoms with E-state index in [4.69, 9.17) is 4.74 Å². The number of ketones is 1. The zero-order valence-corrected chi connectivity index (χ0v) is 18.9. The highest BCUT2D eigenvalue weighted by Gasteiger charge is 2.68. The largest absolute Gasteiger partial charge is 0.507 e. The molecular formula is C25H34O5. The van der Waals surface area contributed by atoms with Crippen LogP contribution in [0.5, 0.6) is 17.2 Å². The molecule has 1 heterocycles. The summed E-state index contributed by atoms with van der Waals surface area (Å²) in [7, 11) is 0. The summed E-state index contributed by atoms with van der Waals surface area (Å²) >= 11 is 0. The van der Waals surface area contributed by atoms with Gasteiger partial charge in [-0.25, -0.2) is 0 Å². The van der Waals surface area contributed by atoms with E-state index in [0.717, 1.165) is 12.8 Å². The van der Waals surface area contributed by atoms with Gasteiger partial charge in [-0.2, -0.15) is 0 Å². The molecule has 0 aromatic heterocycles. The van der Waals surface area contributed by atoms with Crippen LogP contribution >= 0.6 is 0 Å². The van der Waals surface area contributed by atoms with Crippen molar-refractivity contribution in [3.63, 3.8) is 0 Å². The summed E-state index contributed by atoms with van der Waals surface area (Å²) in [5.41, 5.74) is 0.0869. The van der Waals surface area contributed by atoms with E-state index in [1.165, 1.54) is 0 Å². The highest BCUT2D eigenvalue weighted by molar-refractivity contribution is 6.05. The molecule has 5 heteroatoms. The monoisotopic (exact) mass is 414 g/mol. The first kappa shape index (κ1) is 21.2. The SMILES string of the molecule is CC(C)CC(=O)c1c(O)c(C=O)c2c(c1O)C[C@H]1C[C@H]3C[C@H](C3(C)C)[C@@]1(C(C)C)O2. The molecule has 2 N–H and O–H groups in total. The number of rotatable bonds is 5. The number of carbonyl (C=O) groups excluding carboxylic acids is 2. The van der Waals surface area contributed by atoms with Crippen molar-refractivity contribution in [2.45, 2.75) is 72.8 Å². The molecule has 1 aliphatic heterocycles. The number of Topliss-reactive ketones (excluding diaryl/α,β-unsaturated/α-hetero) is 1. The number of carbonyl (C=O) groups is 2. The predicted octanol–water partition coefficient (Wildman–Crippen LogP) is 5.15. The van der Waals surface area contributed by atoms with E-state index in [9.17, 15) is 19.8 Å². The third kappa shape index (κ3) is 2.59. The molecule has 3 saturated carbocycles. The summed E-state index contributed by atoms with van der Waals surface area (Å²) < 4.78 is 6.71. The van der Waals surface area contributed by atoms with Gasteiger partial charge in [-0.05, 0) is 42.4 Å². The maximum Gasteiger partial charge on any atom is 0.170 e. The summed E-state index contributed by atoms with van der Waals surface area (Å²) in [6, 6.07) is 0. The van der Waals surface area contributed by atoms with Gasteiger partial charge in [-0.15, -0.1) is 0 Å². The minimum Gasteiger partial charge on any atom is -0.507 e. The number of phenolic OH excluding ortho intramolecular Hbond substituents is 2. The van der Waals surface area contributed by atoms with Crippen LogP contribution in [0.15, 0.2) is 0 Å². The number of ether oxygens (including phenoxy) is 1. The van der Waals surface area contributed by atoms with E-state index >= 15 is 0 Å². The Bertz CT molecular complexity index is 913. The van der Waals surface area contributed by atoms with E-state index in [2.05, 4.69) is 27.7 Å². The van der Waals surface area contributed by atoms with Crippen LogP contribution in [0.1, 0.15) is 87.1 Å². The fraction of sp³-hybridized carbons (Fsp3) is 0.680. The average Bonchev–Trinajstić information content (AvgIpc) is 2.65. The third-order valence-corrected chi connectivity index (χ3v) is 8.38. The van der Waals surface area contributed by atoms with E-state index in [0.29, 0.717) is 30.1 Å². The lowest BCUT2D eigenvalue weighted by Crippen LogP contribution is -2.71. The molecule has 2 bridgehead atoms. The zero-order chi connectivity index (χ0) is 22.2. The van der Waals surface area contributed by atoms with Crippen LogP contribution in [0.25, 0.3) is 0 Å². The Morgan fingerprint density at radius 3 is 2.33 bits per heavy atom. The molecule has 0 amide bonds. The maximum absolute atomic E-state index is 12.8. The first-order valence-electron chi connectivity index (χ1n) is 11.2. The van der Waals surface area contributed by atoms with Gasteiger partial charge in [0.1, 0.15) is 28.4 Å². The second-order valence-corrected chi connectivity index (χ2v) is 11.0. The molecule has 0 radical (unpaired) electrons. The smallest absolute Gasteiger partial charge is 0.170 e. The minimum atomic E-state index is -0.453. The molecule has 0 spiro atoms. The Hall–Kier alpha value is -2.04. The number of phenols is 2. The van der Waals surface area contributed by atoms with Crippen molar-refractivity contribution in [3.05, 3.63) is 16.7 Å². The molecule has 4 aliphatic rings. The standard InChI is InChI=1S/C25H34O5/c1-12(2)7-18(27)20-21(28)16-9-15-8-14-10-19(24(14,5)6)25(15,13(3)4)30-23(16)17(11-26)22(20)29/h11-15,19,28-29H,7-10H2,1-6H3/t14-,15+,19+,25-/m0/s1. The van der Waals surface area contributed by atoms with Gasteiger partial charge in [0.05, 0.1) is 5.56 Å². The molecule has 0 unspecified atom stereocenters. The van der Waals surface area contributed by atoms with E-state index in [1.54, 1.807) is 0 Å². The average molecular weight is 415 g/mol. The van der Waals surface area contributed by atoms with Crippen LogP contribution in [-0.4, -0.2) is 27.9 Å². The lowest BCUT2D eigenvalue weighted by atomic mass is 9.39. The second-order valence-electron chi connectivity index (χ2n) is 11.0. The Kier molecular flexibility index (Phi) is 4.76. The van der Waals surface area contributed by atoms with Crippen molar-refractivity contribution in [3.8, 4) is 17.2 Å². The molecule has 5 nitrogen and oxygen atoms in total. The Labute approximate surface area is 178 Å². The van der Waals surface area contributed by atoms with Gasteiger partial charge in [-0.1, -0.05) is 41.5 Å². The van der Waals surface area contributed by atoms with Crippen LogP contribution in [0.3, 0.4) is 0 Å². The highest BCUT2D eigenvalue weighted by atomic mass is 16.5. The number of aromatic hydroxyl groups is 2. The van der Waals surface area contributed by atoms with Gasteiger partial charge in [0.15, 0.2) is 12.1 Å². The van der Waals surface area contributed by atoms with Crippen LogP contribution in [-0.2, 0) is 6.42 Å². The van der Waals surface area contributed by atoms with Crippen LogP contribution in [0.2, 0.25) is 0 Å². The molecule has 30 heavy (non-hydrogen) atoms. The minimum absolute atomic E-state index is 0.00682. The zero-order valence-electron chi connectivity index (χ0n) is 18.9. The van der Waals surface area contributed by atoms with Gasteiger partial charge in [0.25, 0.3) is 0 Å². The summed E-state index contributed by atoms with van der Waals surface area (Å²) in [4.78, 5) is 24.8. The van der Waals surface area contributed by atoms with Crippen molar-refractivity contribution < 1.29 is 24.5 Å². The summed E-state index contributed by atoms with van der Waals surface area (Å²) in [6.45, 7) is 12.7. The quantitative estimate of drug-likeness (QED) is 0.514. The van der Waals surface area contributed by atoms with Crippen molar-refractivity contribution in [1.29, 1.82) is 0 Å². The summed E-state index contributed by atoms with van der Waals surface area (Å²) in [5.74, 6) is 0.734. The maximum atomic E-state index is 12.8.